The summed E-state index contributed by atoms with van der Waals surface area (Å²) >= 11 is 3.46. The van der Waals surface area contributed by atoms with Crippen molar-refractivity contribution in [3.8, 4) is 0 Å². The van der Waals surface area contributed by atoms with E-state index in [-0.39, 0.29) is 5.12 Å². The van der Waals surface area contributed by atoms with E-state index in [1.54, 1.807) is 6.92 Å². The van der Waals surface area contributed by atoms with Crippen molar-refractivity contribution in [2.24, 2.45) is 0 Å². The monoisotopic (exact) mass is 118 g/mol. The zero-order valence-electron chi connectivity index (χ0n) is 4.48. The van der Waals surface area contributed by atoms with Crippen molar-refractivity contribution >= 4 is 17.7 Å². The molecule has 0 bridgehead atoms. The third kappa shape index (κ3) is 26.3. The fourth-order valence-electron chi connectivity index (χ4n) is 0. The van der Waals surface area contributed by atoms with Crippen molar-refractivity contribution in [3.63, 3.8) is 0 Å². The lowest BCUT2D eigenvalue weighted by atomic mass is 10.6. The van der Waals surface area contributed by atoms with E-state index in [0.717, 1.165) is 0 Å². The lowest BCUT2D eigenvalue weighted by Gasteiger charge is -1.70. The summed E-state index contributed by atoms with van der Waals surface area (Å²) in [5.41, 5.74) is 0. The van der Waals surface area contributed by atoms with Gasteiger partial charge in [0, 0.05) is 6.42 Å². The molecule has 1 nitrogen and oxygen atoms in total. The molecule has 0 aliphatic carbocycles. The quantitative estimate of drug-likeness (QED) is 0.409. The molecule has 2 heteroatoms. The number of hydrogen-bond acceptors (Lipinski definition) is 1. The Bertz CT molecular complexity index is 52.0. The van der Waals surface area contributed by atoms with Crippen LogP contribution in [-0.2, 0) is 4.79 Å². The highest BCUT2D eigenvalue weighted by Crippen LogP contribution is 1.80. The molecule has 0 aromatic heterocycles. The summed E-state index contributed by atoms with van der Waals surface area (Å²) in [5.74, 6) is 0. The minimum Gasteiger partial charge on any atom is -0.288 e. The van der Waals surface area contributed by atoms with Crippen LogP contribution in [0.4, 0.5) is 0 Å². The predicted molar refractivity (Wildman–Crippen MR) is 35.5 cm³/mol. The Labute approximate surface area is 49.8 Å². The van der Waals surface area contributed by atoms with Gasteiger partial charge >= 0.3 is 0 Å². The Morgan fingerprint density at radius 2 is 1.86 bits per heavy atom. The van der Waals surface area contributed by atoms with Crippen LogP contribution in [0, 0.1) is 0 Å². The van der Waals surface area contributed by atoms with Crippen molar-refractivity contribution < 1.29 is 4.79 Å². The van der Waals surface area contributed by atoms with Crippen LogP contribution in [0.25, 0.3) is 0 Å². The first kappa shape index (κ1) is 9.90. The lowest BCUT2D eigenvalue weighted by Crippen LogP contribution is -1.74. The van der Waals surface area contributed by atoms with Gasteiger partial charge in [-0.3, -0.25) is 4.79 Å². The molecule has 0 aromatic carbocycles. The molecule has 0 saturated heterocycles. The molecule has 0 heterocycles. The van der Waals surface area contributed by atoms with E-state index < -0.39 is 0 Å². The van der Waals surface area contributed by atoms with E-state index in [2.05, 4.69) is 25.8 Å². The topological polar surface area (TPSA) is 17.1 Å². The van der Waals surface area contributed by atoms with Gasteiger partial charge in [-0.1, -0.05) is 6.92 Å². The normalized spacial score (nSPS) is 6.00. The number of carbonyl (C=O) groups is 1. The molecule has 0 amide bonds. The molecule has 0 N–H and O–H groups in total. The Morgan fingerprint density at radius 1 is 1.71 bits per heavy atom. The van der Waals surface area contributed by atoms with Gasteiger partial charge in [0.15, 0.2) is 5.12 Å². The van der Waals surface area contributed by atoms with Gasteiger partial charge in [-0.25, -0.2) is 0 Å². The summed E-state index contributed by atoms with van der Waals surface area (Å²) in [5, 5.41) is -0.0509. The first-order valence-electron chi connectivity index (χ1n) is 1.99. The van der Waals surface area contributed by atoms with Gasteiger partial charge in [0.05, 0.1) is 0 Å². The van der Waals surface area contributed by atoms with Gasteiger partial charge in [-0.2, -0.15) is 0 Å². The van der Waals surface area contributed by atoms with Crippen molar-refractivity contribution in [3.05, 3.63) is 13.2 Å². The van der Waals surface area contributed by atoms with Crippen LogP contribution in [0.5, 0.6) is 0 Å². The zero-order valence-corrected chi connectivity index (χ0v) is 5.37. The highest BCUT2D eigenvalue weighted by Gasteiger charge is 1.78. The third-order valence-corrected chi connectivity index (χ3v) is 0.619. The maximum absolute atomic E-state index is 9.68. The van der Waals surface area contributed by atoms with E-state index in [0.29, 0.717) is 6.42 Å². The van der Waals surface area contributed by atoms with Crippen molar-refractivity contribution in [1.29, 1.82) is 0 Å². The van der Waals surface area contributed by atoms with Crippen LogP contribution in [0.1, 0.15) is 13.3 Å². The van der Waals surface area contributed by atoms with Crippen LogP contribution >= 0.6 is 12.6 Å². The number of carbonyl (C=O) groups excluding carboxylic acids is 1. The molecule has 0 aliphatic rings. The SMILES string of the molecule is C=C.CCC(=O)S. The maximum atomic E-state index is 9.68. The minimum atomic E-state index is -0.0509. The van der Waals surface area contributed by atoms with Crippen LogP contribution in [0.2, 0.25) is 0 Å². The van der Waals surface area contributed by atoms with Gasteiger partial charge < -0.3 is 0 Å². The van der Waals surface area contributed by atoms with Gasteiger partial charge in [0.1, 0.15) is 0 Å². The third-order valence-electron chi connectivity index (χ3n) is 0.302. The summed E-state index contributed by atoms with van der Waals surface area (Å²) < 4.78 is 0. The molecule has 0 aromatic rings. The number of thiol groups is 1. The minimum absolute atomic E-state index is 0.0509. The summed E-state index contributed by atoms with van der Waals surface area (Å²) in [6.07, 6.45) is 0.531. The Kier molecular flexibility index (Phi) is 13.1. The molecule has 7 heavy (non-hydrogen) atoms. The highest BCUT2D eigenvalue weighted by atomic mass is 32.1. The smallest absolute Gasteiger partial charge is 0.185 e. The lowest BCUT2D eigenvalue weighted by molar-refractivity contribution is -0.110. The molecule has 0 aliphatic heterocycles. The van der Waals surface area contributed by atoms with Crippen molar-refractivity contribution in [2.45, 2.75) is 13.3 Å². The summed E-state index contributed by atoms with van der Waals surface area (Å²) in [6, 6.07) is 0. The number of hydrogen-bond donors (Lipinski definition) is 1. The van der Waals surface area contributed by atoms with E-state index in [1.165, 1.54) is 0 Å². The van der Waals surface area contributed by atoms with Gasteiger partial charge in [0.25, 0.3) is 0 Å². The standard InChI is InChI=1S/C3H6OS.C2H4/c1-2-3(4)5;1-2/h2H2,1H3,(H,4,5);1-2H2. The summed E-state index contributed by atoms with van der Waals surface area (Å²) in [4.78, 5) is 9.68. The van der Waals surface area contributed by atoms with Crippen LogP contribution in [-0.4, -0.2) is 5.12 Å². The second-order valence-electron chi connectivity index (χ2n) is 0.747. The van der Waals surface area contributed by atoms with Gasteiger partial charge in [0.2, 0.25) is 0 Å². The average molecular weight is 118 g/mol. The highest BCUT2D eigenvalue weighted by molar-refractivity contribution is 7.96. The first-order valence-corrected chi connectivity index (χ1v) is 2.44. The van der Waals surface area contributed by atoms with Gasteiger partial charge in [-0.15, -0.1) is 25.8 Å². The fraction of sp³-hybridized carbons (Fsp3) is 0.400. The Balaban J connectivity index is 0. The Morgan fingerprint density at radius 3 is 1.86 bits per heavy atom. The molecule has 0 saturated carbocycles. The summed E-state index contributed by atoms with van der Waals surface area (Å²) in [6.45, 7) is 7.77. The number of rotatable bonds is 1. The molecule has 0 rings (SSSR count). The van der Waals surface area contributed by atoms with Crippen LogP contribution < -0.4 is 0 Å². The van der Waals surface area contributed by atoms with E-state index in [4.69, 9.17) is 0 Å². The van der Waals surface area contributed by atoms with Gasteiger partial charge in [-0.05, 0) is 0 Å². The molecule has 0 unspecified atom stereocenters. The average Bonchev–Trinajstić information content (AvgIpc) is 1.73. The Hall–Kier alpha value is -0.240. The van der Waals surface area contributed by atoms with Crippen LogP contribution in [0.15, 0.2) is 13.2 Å². The summed E-state index contributed by atoms with van der Waals surface area (Å²) in [7, 11) is 0. The molecular weight excluding hydrogens is 108 g/mol. The second kappa shape index (κ2) is 9.23. The van der Waals surface area contributed by atoms with Crippen LogP contribution in [0.3, 0.4) is 0 Å². The maximum Gasteiger partial charge on any atom is 0.185 e. The molecule has 0 atom stereocenters. The molecule has 0 radical (unpaired) electrons. The zero-order chi connectivity index (χ0) is 6.28. The molecule has 0 spiro atoms. The molecule has 42 valence electrons. The van der Waals surface area contributed by atoms with E-state index in [1.807, 2.05) is 0 Å². The molecular formula is C5H10OS. The fourth-order valence-corrected chi connectivity index (χ4v) is 0. The van der Waals surface area contributed by atoms with Crippen molar-refractivity contribution in [2.75, 3.05) is 0 Å². The predicted octanol–water partition coefficient (Wildman–Crippen LogP) is 1.66. The first-order chi connectivity index (χ1) is 3.27. The largest absolute Gasteiger partial charge is 0.288 e. The van der Waals surface area contributed by atoms with Crippen molar-refractivity contribution in [1.82, 2.24) is 0 Å². The molecule has 0 fully saturated rings. The van der Waals surface area contributed by atoms with E-state index >= 15 is 0 Å². The van der Waals surface area contributed by atoms with E-state index in [9.17, 15) is 4.79 Å². The second-order valence-corrected chi connectivity index (χ2v) is 1.25.